The van der Waals surface area contributed by atoms with Crippen LogP contribution in [-0.2, 0) is 16.0 Å². The lowest BCUT2D eigenvalue weighted by Gasteiger charge is -2.05. The Morgan fingerprint density at radius 1 is 1.47 bits per heavy atom. The highest BCUT2D eigenvalue weighted by Crippen LogP contribution is 2.27. The summed E-state index contributed by atoms with van der Waals surface area (Å²) < 4.78 is 17.7. The topological polar surface area (TPSA) is 26.3 Å². The lowest BCUT2D eigenvalue weighted by atomic mass is 10.1. The third-order valence-corrected chi connectivity index (χ3v) is 2.55. The number of halogens is 3. The highest BCUT2D eigenvalue weighted by atomic mass is 35.5. The number of rotatable bonds is 3. The number of ether oxygens (including phenoxy) is 1. The Bertz CT molecular complexity index is 380. The van der Waals surface area contributed by atoms with Crippen molar-refractivity contribution in [1.29, 1.82) is 0 Å². The molecule has 82 valence electrons. The lowest BCUT2D eigenvalue weighted by Crippen LogP contribution is -2.08. The van der Waals surface area contributed by atoms with Crippen LogP contribution < -0.4 is 0 Å². The molecule has 1 aromatic rings. The zero-order chi connectivity index (χ0) is 11.4. The van der Waals surface area contributed by atoms with Gasteiger partial charge in [-0.1, -0.05) is 23.2 Å². The van der Waals surface area contributed by atoms with Gasteiger partial charge in [-0.15, -0.1) is 0 Å². The van der Waals surface area contributed by atoms with Crippen molar-refractivity contribution in [2.75, 3.05) is 6.61 Å². The van der Waals surface area contributed by atoms with Crippen molar-refractivity contribution >= 4 is 29.2 Å². The van der Waals surface area contributed by atoms with Crippen LogP contribution in [0.2, 0.25) is 10.0 Å². The third-order valence-electron chi connectivity index (χ3n) is 1.71. The fourth-order valence-corrected chi connectivity index (χ4v) is 1.51. The fourth-order valence-electron chi connectivity index (χ4n) is 1.11. The minimum absolute atomic E-state index is 0.0792. The van der Waals surface area contributed by atoms with Gasteiger partial charge in [0.15, 0.2) is 0 Å². The van der Waals surface area contributed by atoms with Gasteiger partial charge in [0, 0.05) is 0 Å². The summed E-state index contributed by atoms with van der Waals surface area (Å²) in [4.78, 5) is 11.1. The van der Waals surface area contributed by atoms with Crippen LogP contribution in [-0.4, -0.2) is 12.6 Å². The molecule has 0 amide bonds. The van der Waals surface area contributed by atoms with Gasteiger partial charge in [0.05, 0.1) is 23.1 Å². The van der Waals surface area contributed by atoms with E-state index in [1.807, 2.05) is 0 Å². The van der Waals surface area contributed by atoms with Crippen LogP contribution in [0.25, 0.3) is 0 Å². The Morgan fingerprint density at radius 3 is 2.73 bits per heavy atom. The van der Waals surface area contributed by atoms with Crippen molar-refractivity contribution in [3.05, 3.63) is 33.6 Å². The van der Waals surface area contributed by atoms with E-state index in [0.717, 1.165) is 6.07 Å². The Labute approximate surface area is 96.9 Å². The van der Waals surface area contributed by atoms with Crippen LogP contribution in [0.5, 0.6) is 0 Å². The van der Waals surface area contributed by atoms with Gasteiger partial charge in [-0.25, -0.2) is 4.39 Å². The zero-order valence-corrected chi connectivity index (χ0v) is 9.53. The first-order chi connectivity index (χ1) is 7.04. The van der Waals surface area contributed by atoms with E-state index in [-0.39, 0.29) is 23.1 Å². The highest BCUT2D eigenvalue weighted by Gasteiger charge is 2.12. The second-order valence-electron chi connectivity index (χ2n) is 2.84. The van der Waals surface area contributed by atoms with Crippen LogP contribution in [0.1, 0.15) is 12.5 Å². The zero-order valence-electron chi connectivity index (χ0n) is 8.02. The van der Waals surface area contributed by atoms with E-state index in [9.17, 15) is 9.18 Å². The van der Waals surface area contributed by atoms with E-state index < -0.39 is 11.8 Å². The summed E-state index contributed by atoms with van der Waals surface area (Å²) in [6, 6.07) is 2.27. The standard InChI is InChI=1S/C10H9Cl2FO2/c1-2-15-9(14)4-6-3-7(13)5-8(11)10(6)12/h3,5H,2,4H2,1H3. The molecule has 0 N–H and O–H groups in total. The molecule has 0 radical (unpaired) electrons. The Morgan fingerprint density at radius 2 is 2.13 bits per heavy atom. The summed E-state index contributed by atoms with van der Waals surface area (Å²) in [6.07, 6.45) is -0.0792. The SMILES string of the molecule is CCOC(=O)Cc1cc(F)cc(Cl)c1Cl. The van der Waals surface area contributed by atoms with Crippen molar-refractivity contribution in [2.45, 2.75) is 13.3 Å². The van der Waals surface area contributed by atoms with Crippen LogP contribution in [0.4, 0.5) is 4.39 Å². The number of carbonyl (C=O) groups is 1. The van der Waals surface area contributed by atoms with Gasteiger partial charge in [-0.2, -0.15) is 0 Å². The first-order valence-electron chi connectivity index (χ1n) is 4.33. The number of hydrogen-bond acceptors (Lipinski definition) is 2. The molecule has 0 aliphatic heterocycles. The van der Waals surface area contributed by atoms with E-state index in [1.165, 1.54) is 6.07 Å². The lowest BCUT2D eigenvalue weighted by molar-refractivity contribution is -0.142. The van der Waals surface area contributed by atoms with E-state index in [2.05, 4.69) is 0 Å². The predicted molar refractivity (Wildman–Crippen MR) is 56.8 cm³/mol. The molecule has 2 nitrogen and oxygen atoms in total. The van der Waals surface area contributed by atoms with Crippen molar-refractivity contribution in [1.82, 2.24) is 0 Å². The van der Waals surface area contributed by atoms with E-state index in [1.54, 1.807) is 6.92 Å². The molecular weight excluding hydrogens is 242 g/mol. The van der Waals surface area contributed by atoms with Crippen LogP contribution in [0.3, 0.4) is 0 Å². The minimum atomic E-state index is -0.524. The molecule has 0 saturated heterocycles. The second kappa shape index (κ2) is 5.33. The van der Waals surface area contributed by atoms with Crippen molar-refractivity contribution in [3.8, 4) is 0 Å². The van der Waals surface area contributed by atoms with Crippen molar-refractivity contribution in [3.63, 3.8) is 0 Å². The maximum atomic E-state index is 12.9. The average molecular weight is 251 g/mol. The summed E-state index contributed by atoms with van der Waals surface area (Å²) in [5, 5.41) is 0.280. The van der Waals surface area contributed by atoms with Gasteiger partial charge in [-0.05, 0) is 24.6 Å². The Kier molecular flexibility index (Phi) is 4.36. The molecule has 0 aliphatic rings. The number of hydrogen-bond donors (Lipinski definition) is 0. The Hall–Kier alpha value is -0.800. The highest BCUT2D eigenvalue weighted by molar-refractivity contribution is 6.42. The molecule has 5 heteroatoms. The molecule has 0 aromatic heterocycles. The first-order valence-corrected chi connectivity index (χ1v) is 5.09. The molecule has 0 atom stereocenters. The van der Waals surface area contributed by atoms with Gasteiger partial charge in [0.25, 0.3) is 0 Å². The molecule has 0 saturated carbocycles. The largest absolute Gasteiger partial charge is 0.466 e. The van der Waals surface area contributed by atoms with Crippen molar-refractivity contribution < 1.29 is 13.9 Å². The van der Waals surface area contributed by atoms with Gasteiger partial charge in [0.2, 0.25) is 0 Å². The summed E-state index contributed by atoms with van der Waals surface area (Å²) in [6.45, 7) is 1.97. The molecule has 0 aliphatic carbocycles. The summed E-state index contributed by atoms with van der Waals surface area (Å²) in [7, 11) is 0. The normalized spacial score (nSPS) is 10.1. The Balaban J connectivity index is 2.89. The van der Waals surface area contributed by atoms with Gasteiger partial charge < -0.3 is 4.74 Å². The van der Waals surface area contributed by atoms with Gasteiger partial charge >= 0.3 is 5.97 Å². The smallest absolute Gasteiger partial charge is 0.310 e. The second-order valence-corrected chi connectivity index (χ2v) is 3.63. The molecule has 0 spiro atoms. The molecule has 15 heavy (non-hydrogen) atoms. The summed E-state index contributed by atoms with van der Waals surface area (Å²) in [5.41, 5.74) is 0.333. The van der Waals surface area contributed by atoms with Gasteiger partial charge in [-0.3, -0.25) is 4.79 Å². The van der Waals surface area contributed by atoms with E-state index in [0.29, 0.717) is 5.56 Å². The number of carbonyl (C=O) groups excluding carboxylic acids is 1. The monoisotopic (exact) mass is 250 g/mol. The average Bonchev–Trinajstić information content (AvgIpc) is 2.13. The molecule has 0 bridgehead atoms. The molecule has 1 rings (SSSR count). The summed E-state index contributed by atoms with van der Waals surface area (Å²) >= 11 is 11.5. The molecule has 0 fully saturated rings. The van der Waals surface area contributed by atoms with Gasteiger partial charge in [0.1, 0.15) is 5.82 Å². The first kappa shape index (κ1) is 12.3. The summed E-state index contributed by atoms with van der Waals surface area (Å²) in [5.74, 6) is -0.982. The molecule has 0 unspecified atom stereocenters. The van der Waals surface area contributed by atoms with Crippen molar-refractivity contribution in [2.24, 2.45) is 0 Å². The molecule has 1 aromatic carbocycles. The minimum Gasteiger partial charge on any atom is -0.466 e. The maximum absolute atomic E-state index is 12.9. The predicted octanol–water partition coefficient (Wildman–Crippen LogP) is 3.24. The number of benzene rings is 1. The van der Waals surface area contributed by atoms with Crippen LogP contribution in [0.15, 0.2) is 12.1 Å². The molecule has 0 heterocycles. The third kappa shape index (κ3) is 3.36. The van der Waals surface area contributed by atoms with Crippen LogP contribution in [0, 0.1) is 5.82 Å². The van der Waals surface area contributed by atoms with E-state index >= 15 is 0 Å². The quantitative estimate of drug-likeness (QED) is 0.608. The van der Waals surface area contributed by atoms with Crippen LogP contribution >= 0.6 is 23.2 Å². The maximum Gasteiger partial charge on any atom is 0.310 e. The molecular formula is C10H9Cl2FO2. The fraction of sp³-hybridized carbons (Fsp3) is 0.300. The van der Waals surface area contributed by atoms with E-state index in [4.69, 9.17) is 27.9 Å². The number of esters is 1.